The lowest BCUT2D eigenvalue weighted by Gasteiger charge is -2.42. The van der Waals surface area contributed by atoms with Crippen LogP contribution < -0.4 is 20.0 Å². The van der Waals surface area contributed by atoms with Crippen LogP contribution in [0.5, 0.6) is 0 Å². The molecule has 2 aromatic carbocycles. The number of benzene rings is 2. The molecule has 194 valence electrons. The van der Waals surface area contributed by atoms with Gasteiger partial charge >= 0.3 is 0 Å². The van der Waals surface area contributed by atoms with Gasteiger partial charge < -0.3 is 20.0 Å². The van der Waals surface area contributed by atoms with Gasteiger partial charge in [-0.3, -0.25) is 9.69 Å². The third-order valence-corrected chi connectivity index (χ3v) is 7.70. The summed E-state index contributed by atoms with van der Waals surface area (Å²) in [5.41, 5.74) is 4.24. The average Bonchev–Trinajstić information content (AvgIpc) is 2.87. The molecule has 2 aliphatic rings. The Bertz CT molecular complexity index is 1310. The van der Waals surface area contributed by atoms with E-state index in [0.717, 1.165) is 31.7 Å². The zero-order valence-corrected chi connectivity index (χ0v) is 23.0. The Balaban J connectivity index is 1.37. The van der Waals surface area contributed by atoms with E-state index in [1.807, 2.05) is 11.9 Å². The fraction of sp³-hybridized carbons (Fsp3) is 0.370. The number of likely N-dealkylation sites (N-methyl/N-ethyl adjacent to an activating group) is 1. The van der Waals surface area contributed by atoms with E-state index >= 15 is 0 Å². The van der Waals surface area contributed by atoms with Gasteiger partial charge in [0.25, 0.3) is 5.91 Å². The van der Waals surface area contributed by atoms with Crippen molar-refractivity contribution < 1.29 is 4.79 Å². The number of amides is 1. The third-order valence-electron chi connectivity index (χ3n) is 7.09. The van der Waals surface area contributed by atoms with E-state index in [-0.39, 0.29) is 12.6 Å². The predicted octanol–water partition coefficient (Wildman–Crippen LogP) is 5.42. The number of para-hydroxylation sites is 1. The number of nitrogens with one attached hydrogen (secondary N) is 1. The summed E-state index contributed by atoms with van der Waals surface area (Å²) in [5.74, 6) is 0.742. The normalized spacial score (nSPS) is 18.3. The fourth-order valence-electron chi connectivity index (χ4n) is 5.14. The van der Waals surface area contributed by atoms with E-state index < -0.39 is 0 Å². The second-order valence-corrected chi connectivity index (χ2v) is 10.5. The zero-order valence-electron chi connectivity index (χ0n) is 21.5. The molecule has 8 nitrogen and oxygen atoms in total. The molecule has 1 fully saturated rings. The van der Waals surface area contributed by atoms with Gasteiger partial charge in [0.2, 0.25) is 5.95 Å². The van der Waals surface area contributed by atoms with E-state index in [2.05, 4.69) is 64.2 Å². The number of anilines is 5. The molecule has 2 aliphatic heterocycles. The van der Waals surface area contributed by atoms with E-state index in [4.69, 9.17) is 23.2 Å². The summed E-state index contributed by atoms with van der Waals surface area (Å²) in [7, 11) is 4.06. The number of halogens is 2. The second-order valence-electron chi connectivity index (χ2n) is 9.72. The Morgan fingerprint density at radius 3 is 2.57 bits per heavy atom. The lowest BCUT2D eigenvalue weighted by molar-refractivity contribution is 0.0982. The monoisotopic (exact) mass is 539 g/mol. The van der Waals surface area contributed by atoms with Gasteiger partial charge in [-0.2, -0.15) is 4.98 Å². The topological polar surface area (TPSA) is 67.8 Å². The van der Waals surface area contributed by atoms with Crippen molar-refractivity contribution in [3.63, 3.8) is 0 Å². The highest BCUT2D eigenvalue weighted by Gasteiger charge is 2.33. The fourth-order valence-corrected chi connectivity index (χ4v) is 5.75. The van der Waals surface area contributed by atoms with Gasteiger partial charge in [-0.25, -0.2) is 4.98 Å². The maximum Gasteiger partial charge on any atom is 0.265 e. The highest BCUT2D eigenvalue weighted by Crippen LogP contribution is 2.37. The summed E-state index contributed by atoms with van der Waals surface area (Å²) in [5, 5.41) is 4.14. The SMILES string of the molecule is CC[C@@H]1CN(C)CCN1c1ccc(Nc2ncc3c(n2)N(C)CN(c2c(Cl)cccc2Cl)C3=O)cc1C. The standard InChI is InChI=1S/C27H31Cl2N7O/c1-5-19-15-33(3)11-12-35(19)23-10-9-18(13-17(23)2)31-27-30-14-20-25(32-27)34(4)16-36(26(20)37)24-21(28)7-6-8-22(24)29/h6-10,13-14,19H,5,11-12,15-16H2,1-4H3,(H,30,31,32)/t19-/m1/s1. The quantitative estimate of drug-likeness (QED) is 0.464. The van der Waals surface area contributed by atoms with Gasteiger partial charge in [0.15, 0.2) is 0 Å². The molecule has 37 heavy (non-hydrogen) atoms. The Morgan fingerprint density at radius 2 is 1.86 bits per heavy atom. The van der Waals surface area contributed by atoms with Crippen molar-refractivity contribution >= 4 is 57.9 Å². The highest BCUT2D eigenvalue weighted by atomic mass is 35.5. The molecule has 3 heterocycles. The van der Waals surface area contributed by atoms with Crippen LogP contribution in [0.25, 0.3) is 0 Å². The first-order chi connectivity index (χ1) is 17.8. The van der Waals surface area contributed by atoms with Crippen molar-refractivity contribution in [1.82, 2.24) is 14.9 Å². The molecular weight excluding hydrogens is 509 g/mol. The second kappa shape index (κ2) is 10.4. The van der Waals surface area contributed by atoms with E-state index in [1.54, 1.807) is 29.3 Å². The highest BCUT2D eigenvalue weighted by molar-refractivity contribution is 6.40. The van der Waals surface area contributed by atoms with Crippen LogP contribution in [0.15, 0.2) is 42.6 Å². The summed E-state index contributed by atoms with van der Waals surface area (Å²) in [4.78, 5) is 30.8. The third kappa shape index (κ3) is 4.93. The number of hydrogen-bond acceptors (Lipinski definition) is 7. The molecule has 10 heteroatoms. The molecular formula is C27H31Cl2N7O. The van der Waals surface area contributed by atoms with Crippen molar-refractivity contribution in [2.45, 2.75) is 26.3 Å². The number of aryl methyl sites for hydroxylation is 1. The van der Waals surface area contributed by atoms with Crippen LogP contribution in [0.1, 0.15) is 29.3 Å². The largest absolute Gasteiger partial charge is 0.366 e. The van der Waals surface area contributed by atoms with Gasteiger partial charge in [0.1, 0.15) is 11.4 Å². The lowest BCUT2D eigenvalue weighted by Crippen LogP contribution is -2.51. The molecule has 0 radical (unpaired) electrons. The predicted molar refractivity (Wildman–Crippen MR) is 152 cm³/mol. The molecule has 0 saturated carbocycles. The maximum absolute atomic E-state index is 13.3. The molecule has 3 aromatic rings. The smallest absolute Gasteiger partial charge is 0.265 e. The number of hydrogen-bond donors (Lipinski definition) is 1. The minimum atomic E-state index is -0.243. The van der Waals surface area contributed by atoms with Gasteiger partial charge in [0, 0.05) is 50.3 Å². The van der Waals surface area contributed by atoms with E-state index in [1.165, 1.54) is 11.3 Å². The van der Waals surface area contributed by atoms with Crippen LogP contribution in [0.2, 0.25) is 10.0 Å². The first kappa shape index (κ1) is 25.6. The van der Waals surface area contributed by atoms with Crippen LogP contribution in [0.4, 0.5) is 28.8 Å². The Hall–Kier alpha value is -3.07. The number of aromatic nitrogens is 2. The Labute approximate surface area is 227 Å². The van der Waals surface area contributed by atoms with Crippen molar-refractivity contribution in [2.24, 2.45) is 0 Å². The average molecular weight is 540 g/mol. The Morgan fingerprint density at radius 1 is 1.11 bits per heavy atom. The van der Waals surface area contributed by atoms with E-state index in [0.29, 0.717) is 39.1 Å². The van der Waals surface area contributed by atoms with Crippen molar-refractivity contribution in [3.8, 4) is 0 Å². The Kier molecular flexibility index (Phi) is 7.16. The van der Waals surface area contributed by atoms with Crippen molar-refractivity contribution in [1.29, 1.82) is 0 Å². The molecule has 0 aliphatic carbocycles. The number of carbonyl (C=O) groups excluding carboxylic acids is 1. The molecule has 1 atom stereocenters. The van der Waals surface area contributed by atoms with Crippen LogP contribution >= 0.6 is 23.2 Å². The number of nitrogens with zero attached hydrogens (tertiary/aromatic N) is 6. The summed E-state index contributed by atoms with van der Waals surface area (Å²) in [6, 6.07) is 12.1. The van der Waals surface area contributed by atoms with Crippen LogP contribution in [-0.4, -0.2) is 67.2 Å². The summed E-state index contributed by atoms with van der Waals surface area (Å²) >= 11 is 12.7. The van der Waals surface area contributed by atoms with Crippen LogP contribution in [0.3, 0.4) is 0 Å². The number of fused-ring (bicyclic) bond motifs is 1. The molecule has 1 N–H and O–H groups in total. The first-order valence-electron chi connectivity index (χ1n) is 12.4. The number of rotatable bonds is 5. The minimum absolute atomic E-state index is 0.243. The molecule has 1 aromatic heterocycles. The minimum Gasteiger partial charge on any atom is -0.366 e. The van der Waals surface area contributed by atoms with Gasteiger partial charge in [-0.05, 0) is 56.3 Å². The lowest BCUT2D eigenvalue weighted by atomic mass is 10.1. The number of carbonyl (C=O) groups is 1. The molecule has 5 rings (SSSR count). The van der Waals surface area contributed by atoms with Gasteiger partial charge in [-0.1, -0.05) is 36.2 Å². The maximum atomic E-state index is 13.3. The zero-order chi connectivity index (χ0) is 26.3. The van der Waals surface area contributed by atoms with Gasteiger partial charge in [-0.15, -0.1) is 0 Å². The summed E-state index contributed by atoms with van der Waals surface area (Å²) < 4.78 is 0. The summed E-state index contributed by atoms with van der Waals surface area (Å²) in [6.45, 7) is 7.81. The summed E-state index contributed by atoms with van der Waals surface area (Å²) in [6.07, 6.45) is 2.66. The van der Waals surface area contributed by atoms with Crippen LogP contribution in [0, 0.1) is 6.92 Å². The van der Waals surface area contributed by atoms with Gasteiger partial charge in [0.05, 0.1) is 22.4 Å². The molecule has 0 bridgehead atoms. The first-order valence-corrected chi connectivity index (χ1v) is 13.2. The van der Waals surface area contributed by atoms with Crippen molar-refractivity contribution in [2.75, 3.05) is 60.4 Å². The molecule has 0 unspecified atom stereocenters. The molecule has 0 spiro atoms. The van der Waals surface area contributed by atoms with Crippen molar-refractivity contribution in [3.05, 3.63) is 63.8 Å². The van der Waals surface area contributed by atoms with Crippen LogP contribution in [-0.2, 0) is 0 Å². The molecule has 1 amide bonds. The number of piperazine rings is 1. The molecule has 1 saturated heterocycles. The van der Waals surface area contributed by atoms with E-state index in [9.17, 15) is 4.79 Å².